The average molecular weight is 709 g/mol. The molecule has 6 rings (SSSR count). The Bertz CT molecular complexity index is 1470. The zero-order chi connectivity index (χ0) is 34.7. The summed E-state index contributed by atoms with van der Waals surface area (Å²) in [5.41, 5.74) is 5.57. The van der Waals surface area contributed by atoms with Gasteiger partial charge in [-0.2, -0.15) is 0 Å². The first-order valence-electron chi connectivity index (χ1n) is 15.2. The van der Waals surface area contributed by atoms with Gasteiger partial charge in [0, 0.05) is 31.9 Å². The van der Waals surface area contributed by atoms with E-state index in [1.54, 1.807) is 52.2 Å². The summed E-state index contributed by atoms with van der Waals surface area (Å²) in [6, 6.07) is 11.8. The molecule has 48 heavy (non-hydrogen) atoms. The van der Waals surface area contributed by atoms with Gasteiger partial charge in [0.05, 0.1) is 17.0 Å². The highest BCUT2D eigenvalue weighted by Gasteiger charge is 2.52. The summed E-state index contributed by atoms with van der Waals surface area (Å²) in [6.45, 7) is 3.52. The number of thioether (sulfide) groups is 2. The summed E-state index contributed by atoms with van der Waals surface area (Å²) in [4.78, 5) is 18.3. The largest absolute Gasteiger partial charge is 0.488 e. The maximum absolute atomic E-state index is 10.7. The monoisotopic (exact) mass is 708 g/mol. The molecular weight excluding hydrogens is 668 g/mol. The van der Waals surface area contributed by atoms with Gasteiger partial charge in [0.1, 0.15) is 71.2 Å². The molecule has 262 valence electrons. The second-order valence-corrected chi connectivity index (χ2v) is 13.7. The van der Waals surface area contributed by atoms with Crippen molar-refractivity contribution in [2.75, 3.05) is 19.8 Å². The van der Waals surface area contributed by atoms with Crippen LogP contribution in [0.3, 0.4) is 0 Å². The van der Waals surface area contributed by atoms with Gasteiger partial charge in [0.25, 0.3) is 5.69 Å². The number of nitrogens with two attached hydrogens (primary N) is 1. The van der Waals surface area contributed by atoms with Gasteiger partial charge in [-0.25, -0.2) is 0 Å². The van der Waals surface area contributed by atoms with Crippen molar-refractivity contribution in [3.05, 3.63) is 58.6 Å². The van der Waals surface area contributed by atoms with Gasteiger partial charge < -0.3 is 55.7 Å². The highest BCUT2D eigenvalue weighted by Crippen LogP contribution is 2.37. The van der Waals surface area contributed by atoms with E-state index in [2.05, 4.69) is 20.6 Å². The molecule has 0 aliphatic carbocycles. The number of nitro groups is 1. The number of anilines is 1. The van der Waals surface area contributed by atoms with Crippen molar-refractivity contribution in [3.63, 3.8) is 0 Å². The summed E-state index contributed by atoms with van der Waals surface area (Å²) in [7, 11) is 3.30. The molecule has 4 aliphatic heterocycles. The summed E-state index contributed by atoms with van der Waals surface area (Å²) in [6.07, 6.45) is -6.58. The fourth-order valence-electron chi connectivity index (χ4n) is 5.63. The van der Waals surface area contributed by atoms with Crippen LogP contribution in [0.15, 0.2) is 58.5 Å². The van der Waals surface area contributed by atoms with Crippen LogP contribution in [0.4, 0.5) is 11.4 Å². The Balaban J connectivity index is 0.000000188. The third-order valence-corrected chi connectivity index (χ3v) is 10.5. The van der Waals surface area contributed by atoms with Crippen molar-refractivity contribution in [3.8, 4) is 11.5 Å². The molecule has 0 bridgehead atoms. The first kappa shape index (κ1) is 35.9. The highest BCUT2D eigenvalue weighted by atomic mass is 32.2. The number of aliphatic imine (C=N–C) groups is 2. The number of nitrogen functional groups attached to an aromatic ring is 1. The van der Waals surface area contributed by atoms with Crippen molar-refractivity contribution >= 4 is 45.2 Å². The van der Waals surface area contributed by atoms with Crippen LogP contribution >= 0.6 is 23.5 Å². The average Bonchev–Trinajstić information content (AvgIpc) is 3.70. The van der Waals surface area contributed by atoms with E-state index in [4.69, 9.17) is 24.7 Å². The summed E-state index contributed by atoms with van der Waals surface area (Å²) >= 11 is 2.75. The Labute approximate surface area is 285 Å². The predicted octanol–water partition coefficient (Wildman–Crippen LogP) is 0.673. The van der Waals surface area contributed by atoms with Gasteiger partial charge in [0.15, 0.2) is 10.3 Å². The zero-order valence-electron chi connectivity index (χ0n) is 26.5. The Kier molecular flexibility index (Phi) is 11.6. The predicted molar refractivity (Wildman–Crippen MR) is 181 cm³/mol. The molecular formula is C30H40N6O10S2. The number of fused-ring (bicyclic) bond motifs is 2. The number of amidine groups is 2. The summed E-state index contributed by atoms with van der Waals surface area (Å²) < 4.78 is 23.4. The van der Waals surface area contributed by atoms with E-state index in [0.717, 1.165) is 0 Å². The molecule has 2 aromatic rings. The second kappa shape index (κ2) is 15.5. The molecule has 4 saturated heterocycles. The molecule has 2 aromatic carbocycles. The molecule has 16 nitrogen and oxygen atoms in total. The number of aliphatic hydroxyl groups excluding tert-OH is 4. The van der Waals surface area contributed by atoms with Crippen LogP contribution in [-0.4, -0.2) is 122 Å². The molecule has 0 unspecified atom stereocenters. The number of hydrogen-bond donors (Lipinski definition) is 7. The molecule has 4 aliphatic rings. The molecule has 0 spiro atoms. The molecule has 0 amide bonds. The minimum Gasteiger partial charge on any atom is -0.488 e. The number of nitrogens with zero attached hydrogens (tertiary/aromatic N) is 3. The molecule has 8 N–H and O–H groups in total. The van der Waals surface area contributed by atoms with Crippen LogP contribution in [0.2, 0.25) is 0 Å². The Morgan fingerprint density at radius 3 is 1.54 bits per heavy atom. The fourth-order valence-corrected chi connectivity index (χ4v) is 7.80. The number of non-ortho nitro benzene ring substituents is 1. The van der Waals surface area contributed by atoms with E-state index >= 15 is 0 Å². The van der Waals surface area contributed by atoms with Gasteiger partial charge in [0.2, 0.25) is 0 Å². The number of rotatable bonds is 7. The number of ether oxygens (including phenoxy) is 4. The lowest BCUT2D eigenvalue weighted by molar-refractivity contribution is -0.384. The topological polar surface area (TPSA) is 236 Å². The van der Waals surface area contributed by atoms with E-state index in [-0.39, 0.29) is 22.6 Å². The van der Waals surface area contributed by atoms with Gasteiger partial charge in [-0.1, -0.05) is 23.5 Å². The molecule has 0 radical (unpaired) electrons. The van der Waals surface area contributed by atoms with Crippen LogP contribution in [0.25, 0.3) is 0 Å². The first-order chi connectivity index (χ1) is 22.9. The fraction of sp³-hybridized carbons (Fsp3) is 0.533. The van der Waals surface area contributed by atoms with Gasteiger partial charge >= 0.3 is 0 Å². The van der Waals surface area contributed by atoms with Gasteiger partial charge in [-0.15, -0.1) is 0 Å². The first-order valence-corrected chi connectivity index (χ1v) is 16.9. The number of benzene rings is 2. The number of nitrogens with one attached hydrogen (secondary N) is 2. The van der Waals surface area contributed by atoms with Crippen molar-refractivity contribution in [2.45, 2.75) is 85.6 Å². The van der Waals surface area contributed by atoms with E-state index in [1.807, 2.05) is 0 Å². The van der Waals surface area contributed by atoms with Gasteiger partial charge in [-0.05, 0) is 50.2 Å². The zero-order valence-corrected chi connectivity index (χ0v) is 28.2. The van der Waals surface area contributed by atoms with E-state index in [1.165, 1.54) is 47.8 Å². The number of nitro benzene ring substituents is 1. The molecule has 0 aromatic heterocycles. The smallest absolute Gasteiger partial charge is 0.269 e. The standard InChI is InChI=1S/C15H19N3O6S.C15H21N3O4S/c1-7(23-9-5-3-8(4-6-9)18(21)22)13-12(20)11(19)10-14(24-13)25-15(16-2)17-10;1-7(21-9-5-3-8(16)4-6-9)13-12(20)11(19)10-14(22-13)23-15(17-2)18-10/h3-7,10-14,19-20H,1-2H3,(H,16,17);3-7,10-14,19-20H,16H2,1-2H3,(H,17,18)/t2*7-,10+,11+,12-,13+,14+/m00/s1. The summed E-state index contributed by atoms with van der Waals surface area (Å²) in [5.74, 6) is 1.05. The maximum atomic E-state index is 10.7. The van der Waals surface area contributed by atoms with Crippen LogP contribution < -0.4 is 25.8 Å². The minimum atomic E-state index is -1.14. The van der Waals surface area contributed by atoms with E-state index in [9.17, 15) is 30.5 Å². The van der Waals surface area contributed by atoms with Crippen LogP contribution in [0.5, 0.6) is 11.5 Å². The molecule has 4 heterocycles. The highest BCUT2D eigenvalue weighted by molar-refractivity contribution is 8.14. The lowest BCUT2D eigenvalue weighted by Crippen LogP contribution is -2.61. The van der Waals surface area contributed by atoms with Gasteiger partial charge in [-0.3, -0.25) is 20.1 Å². The number of hydrogen-bond acceptors (Lipinski definition) is 15. The van der Waals surface area contributed by atoms with Crippen molar-refractivity contribution < 1.29 is 44.3 Å². The second-order valence-electron chi connectivity index (χ2n) is 11.5. The van der Waals surface area contributed by atoms with Crippen LogP contribution in [0.1, 0.15) is 13.8 Å². The van der Waals surface area contributed by atoms with E-state index in [0.29, 0.717) is 27.5 Å². The lowest BCUT2D eigenvalue weighted by Gasteiger charge is -2.41. The molecule has 12 atom stereocenters. The quantitative estimate of drug-likeness (QED) is 0.119. The van der Waals surface area contributed by atoms with Crippen LogP contribution in [-0.2, 0) is 9.47 Å². The molecule has 0 saturated carbocycles. The Morgan fingerprint density at radius 2 is 1.17 bits per heavy atom. The minimum absolute atomic E-state index is 0.0352. The van der Waals surface area contributed by atoms with Crippen molar-refractivity contribution in [1.29, 1.82) is 0 Å². The SMILES string of the molecule is CN=C1N[C@@H]2[C@@H](O)[C@H](O)[C@@H]([C@H](C)Oc3ccc(N)cc3)O[C@@H]2S1.CN=C1N[C@@H]2[C@@H](O)[C@H](O)[C@@H]([C@H](C)Oc3ccc([N+](=O)[O-])cc3)O[C@@H]2S1. The third kappa shape index (κ3) is 7.92. The third-order valence-electron chi connectivity index (χ3n) is 8.22. The van der Waals surface area contributed by atoms with Crippen molar-refractivity contribution in [2.24, 2.45) is 9.98 Å². The Hall–Kier alpha value is -3.36. The maximum Gasteiger partial charge on any atom is 0.269 e. The number of aliphatic hydroxyl groups is 4. The molecule has 4 fully saturated rings. The lowest BCUT2D eigenvalue weighted by atomic mass is 9.95. The normalized spacial score (nSPS) is 35.2. The van der Waals surface area contributed by atoms with Crippen molar-refractivity contribution in [1.82, 2.24) is 10.6 Å². The van der Waals surface area contributed by atoms with Crippen LogP contribution in [0, 0.1) is 10.1 Å². The Morgan fingerprint density at radius 1 is 0.771 bits per heavy atom. The van der Waals surface area contributed by atoms with E-state index < -0.39 is 59.8 Å². The summed E-state index contributed by atoms with van der Waals surface area (Å²) in [5, 5.41) is 59.6. The molecule has 18 heteroatoms.